The van der Waals surface area contributed by atoms with Crippen LogP contribution in [0.1, 0.15) is 49.7 Å². The van der Waals surface area contributed by atoms with E-state index in [1.165, 1.54) is 11.3 Å². The second-order valence-electron chi connectivity index (χ2n) is 6.29. The molecule has 0 bridgehead atoms. The molecule has 1 saturated heterocycles. The lowest BCUT2D eigenvalue weighted by Crippen LogP contribution is -2.27. The van der Waals surface area contributed by atoms with Crippen molar-refractivity contribution < 1.29 is 9.53 Å². The van der Waals surface area contributed by atoms with Gasteiger partial charge in [0.15, 0.2) is 5.13 Å². The van der Waals surface area contributed by atoms with Crippen molar-refractivity contribution in [3.63, 3.8) is 0 Å². The molecule has 2 heterocycles. The summed E-state index contributed by atoms with van der Waals surface area (Å²) in [4.78, 5) is 16.8. The number of amides is 1. The van der Waals surface area contributed by atoms with Crippen molar-refractivity contribution in [2.24, 2.45) is 0 Å². The highest BCUT2D eigenvalue weighted by Gasteiger charge is 2.20. The molecule has 1 aliphatic heterocycles. The van der Waals surface area contributed by atoms with Crippen LogP contribution in [0.25, 0.3) is 0 Å². The van der Waals surface area contributed by atoms with E-state index in [-0.39, 0.29) is 23.4 Å². The minimum absolute atomic E-state index is 0.113. The molecule has 118 valence electrons. The van der Waals surface area contributed by atoms with Crippen LogP contribution in [0.15, 0.2) is 0 Å². The smallest absolute Gasteiger partial charge is 0.265 e. The molecule has 0 spiro atoms. The predicted octanol–water partition coefficient (Wildman–Crippen LogP) is 2.23. The highest BCUT2D eigenvalue weighted by atomic mass is 32.1. The molecule has 0 aliphatic carbocycles. The van der Waals surface area contributed by atoms with Crippen molar-refractivity contribution in [3.8, 4) is 0 Å². The molecule has 0 aromatic carbocycles. The van der Waals surface area contributed by atoms with Gasteiger partial charge >= 0.3 is 0 Å². The zero-order valence-electron chi connectivity index (χ0n) is 12.9. The van der Waals surface area contributed by atoms with E-state index in [2.05, 4.69) is 15.6 Å². The summed E-state index contributed by atoms with van der Waals surface area (Å²) in [6.07, 6.45) is 3.32. The van der Waals surface area contributed by atoms with E-state index in [0.29, 0.717) is 16.6 Å². The van der Waals surface area contributed by atoms with E-state index in [9.17, 15) is 4.79 Å². The first-order valence-electron chi connectivity index (χ1n) is 7.29. The fourth-order valence-electron chi connectivity index (χ4n) is 2.17. The molecular weight excluding hydrogens is 288 g/mol. The van der Waals surface area contributed by atoms with Gasteiger partial charge in [-0.15, -0.1) is 0 Å². The Hall–Kier alpha value is -1.34. The average Bonchev–Trinajstić information content (AvgIpc) is 2.97. The lowest BCUT2D eigenvalue weighted by atomic mass is 10.1. The first-order chi connectivity index (χ1) is 9.85. The molecule has 1 aromatic rings. The maximum Gasteiger partial charge on any atom is 0.265 e. The van der Waals surface area contributed by atoms with Crippen molar-refractivity contribution in [1.29, 1.82) is 0 Å². The van der Waals surface area contributed by atoms with E-state index in [4.69, 9.17) is 10.5 Å². The van der Waals surface area contributed by atoms with Gasteiger partial charge < -0.3 is 21.1 Å². The summed E-state index contributed by atoms with van der Waals surface area (Å²) < 4.78 is 5.53. The quantitative estimate of drug-likeness (QED) is 0.776. The van der Waals surface area contributed by atoms with E-state index >= 15 is 0 Å². The number of ether oxygens (including phenoxy) is 1. The van der Waals surface area contributed by atoms with Gasteiger partial charge in [0.2, 0.25) is 0 Å². The SMILES string of the molecule is CC(C)(C)Nc1nc(N)c(C(=O)NCCC2CCCO2)s1. The number of aromatic nitrogens is 1. The largest absolute Gasteiger partial charge is 0.382 e. The van der Waals surface area contributed by atoms with Crippen LogP contribution in [-0.4, -0.2) is 35.7 Å². The molecule has 1 fully saturated rings. The summed E-state index contributed by atoms with van der Waals surface area (Å²) >= 11 is 1.29. The van der Waals surface area contributed by atoms with Crippen molar-refractivity contribution in [3.05, 3.63) is 4.88 Å². The average molecular weight is 312 g/mol. The van der Waals surface area contributed by atoms with Gasteiger partial charge in [0.1, 0.15) is 10.7 Å². The number of hydrogen-bond donors (Lipinski definition) is 3. The highest BCUT2D eigenvalue weighted by Crippen LogP contribution is 2.27. The topological polar surface area (TPSA) is 89.3 Å². The van der Waals surface area contributed by atoms with Crippen molar-refractivity contribution in [1.82, 2.24) is 10.3 Å². The van der Waals surface area contributed by atoms with Crippen molar-refractivity contribution >= 4 is 28.2 Å². The first kappa shape index (κ1) is 16.0. The number of nitrogens with one attached hydrogen (secondary N) is 2. The fourth-order valence-corrected chi connectivity index (χ4v) is 3.18. The molecule has 1 atom stereocenters. The molecular formula is C14H24N4O2S. The van der Waals surface area contributed by atoms with Crippen LogP contribution in [-0.2, 0) is 4.74 Å². The van der Waals surface area contributed by atoms with Crippen LogP contribution < -0.4 is 16.4 Å². The van der Waals surface area contributed by atoms with Gasteiger partial charge in [-0.3, -0.25) is 4.79 Å². The number of nitrogens with two attached hydrogens (primary N) is 1. The maximum atomic E-state index is 12.1. The molecule has 21 heavy (non-hydrogen) atoms. The minimum atomic E-state index is -0.162. The zero-order chi connectivity index (χ0) is 15.5. The minimum Gasteiger partial charge on any atom is -0.382 e. The molecule has 0 radical (unpaired) electrons. The Kier molecular flexibility index (Phi) is 5.05. The summed E-state index contributed by atoms with van der Waals surface area (Å²) in [6, 6.07) is 0. The van der Waals surface area contributed by atoms with Crippen molar-refractivity contribution in [2.45, 2.75) is 51.7 Å². The van der Waals surface area contributed by atoms with Crippen LogP contribution in [0.3, 0.4) is 0 Å². The molecule has 7 heteroatoms. The second-order valence-corrected chi connectivity index (χ2v) is 7.29. The summed E-state index contributed by atoms with van der Waals surface area (Å²) in [5.41, 5.74) is 5.72. The third kappa shape index (κ3) is 4.86. The Morgan fingerprint density at radius 2 is 2.29 bits per heavy atom. The van der Waals surface area contributed by atoms with Gasteiger partial charge in [0.25, 0.3) is 5.91 Å². The van der Waals surface area contributed by atoms with Crippen LogP contribution in [0.4, 0.5) is 10.9 Å². The van der Waals surface area contributed by atoms with Crippen LogP contribution >= 0.6 is 11.3 Å². The maximum absolute atomic E-state index is 12.1. The highest BCUT2D eigenvalue weighted by molar-refractivity contribution is 7.18. The van der Waals surface area contributed by atoms with E-state index < -0.39 is 0 Å². The molecule has 4 N–H and O–H groups in total. The first-order valence-corrected chi connectivity index (χ1v) is 8.11. The van der Waals surface area contributed by atoms with Crippen molar-refractivity contribution in [2.75, 3.05) is 24.2 Å². The summed E-state index contributed by atoms with van der Waals surface area (Å²) in [7, 11) is 0. The number of thiazole rings is 1. The monoisotopic (exact) mass is 312 g/mol. The Morgan fingerprint density at radius 1 is 1.52 bits per heavy atom. The van der Waals surface area contributed by atoms with Crippen LogP contribution in [0.5, 0.6) is 0 Å². The third-order valence-electron chi connectivity index (χ3n) is 3.12. The number of anilines is 2. The molecule has 1 amide bonds. The third-order valence-corrected chi connectivity index (χ3v) is 4.10. The Balaban J connectivity index is 1.86. The van der Waals surface area contributed by atoms with E-state index in [0.717, 1.165) is 25.9 Å². The van der Waals surface area contributed by atoms with E-state index in [1.54, 1.807) is 0 Å². The normalized spacial score (nSPS) is 18.7. The van der Waals surface area contributed by atoms with Gasteiger partial charge in [-0.2, -0.15) is 0 Å². The number of hydrogen-bond acceptors (Lipinski definition) is 6. The second kappa shape index (κ2) is 6.62. The lowest BCUT2D eigenvalue weighted by molar-refractivity contribution is 0.0911. The molecule has 0 saturated carbocycles. The fraction of sp³-hybridized carbons (Fsp3) is 0.714. The van der Waals surface area contributed by atoms with Gasteiger partial charge in [0, 0.05) is 18.7 Å². The molecule has 1 aromatic heterocycles. The van der Waals surface area contributed by atoms with E-state index in [1.807, 2.05) is 20.8 Å². The van der Waals surface area contributed by atoms with Gasteiger partial charge in [0.05, 0.1) is 6.10 Å². The number of nitrogens with zero attached hydrogens (tertiary/aromatic N) is 1. The molecule has 1 unspecified atom stereocenters. The number of rotatable bonds is 5. The van der Waals surface area contributed by atoms with Crippen LogP contribution in [0.2, 0.25) is 0 Å². The summed E-state index contributed by atoms with van der Waals surface area (Å²) in [6.45, 7) is 7.54. The standard InChI is InChI=1S/C14H24N4O2S/c1-14(2,3)18-13-17-11(15)10(21-13)12(19)16-7-6-9-5-4-8-20-9/h9H,4-8,15H2,1-3H3,(H,16,19)(H,17,18). The molecule has 2 rings (SSSR count). The summed E-state index contributed by atoms with van der Waals surface area (Å²) in [5.74, 6) is 0.117. The lowest BCUT2D eigenvalue weighted by Gasteiger charge is -2.19. The van der Waals surface area contributed by atoms with Gasteiger partial charge in [-0.1, -0.05) is 11.3 Å². The molecule has 6 nitrogen and oxygen atoms in total. The number of carbonyl (C=O) groups excluding carboxylic acids is 1. The Morgan fingerprint density at radius 3 is 2.90 bits per heavy atom. The predicted molar refractivity (Wildman–Crippen MR) is 85.8 cm³/mol. The van der Waals surface area contributed by atoms with Gasteiger partial charge in [-0.05, 0) is 40.0 Å². The van der Waals surface area contributed by atoms with Gasteiger partial charge in [-0.25, -0.2) is 4.98 Å². The zero-order valence-corrected chi connectivity index (χ0v) is 13.7. The van der Waals surface area contributed by atoms with Crippen LogP contribution in [0, 0.1) is 0 Å². The summed E-state index contributed by atoms with van der Waals surface area (Å²) in [5, 5.41) is 6.78. The Bertz CT molecular complexity index is 490. The number of carbonyl (C=O) groups is 1. The Labute approximate surface area is 129 Å². The molecule has 1 aliphatic rings. The number of nitrogen functional groups attached to an aromatic ring is 1.